The maximum Gasteiger partial charge on any atom is 0.191 e. The molecule has 0 bridgehead atoms. The van der Waals surface area contributed by atoms with Crippen molar-refractivity contribution in [1.29, 1.82) is 0 Å². The van der Waals surface area contributed by atoms with E-state index in [1.54, 1.807) is 21.3 Å². The van der Waals surface area contributed by atoms with Crippen LogP contribution in [0.3, 0.4) is 0 Å². The molecule has 1 heterocycles. The van der Waals surface area contributed by atoms with E-state index >= 15 is 0 Å². The first-order chi connectivity index (χ1) is 15.1. The third-order valence-corrected chi connectivity index (χ3v) is 5.97. The molecule has 3 rings (SSSR count). The molecule has 0 aliphatic carbocycles. The molecule has 168 valence electrons. The van der Waals surface area contributed by atoms with Crippen molar-refractivity contribution in [2.45, 2.75) is 39.4 Å². The number of rotatable bonds is 8. The number of benzene rings is 2. The molecule has 0 amide bonds. The summed E-state index contributed by atoms with van der Waals surface area (Å²) in [5.74, 6) is 3.09. The van der Waals surface area contributed by atoms with Gasteiger partial charge in [-0.25, -0.2) is 0 Å². The van der Waals surface area contributed by atoms with Gasteiger partial charge in [-0.1, -0.05) is 37.3 Å². The van der Waals surface area contributed by atoms with Crippen LogP contribution in [0.5, 0.6) is 11.5 Å². The summed E-state index contributed by atoms with van der Waals surface area (Å²) in [6.07, 6.45) is 2.60. The van der Waals surface area contributed by atoms with Crippen molar-refractivity contribution >= 4 is 5.96 Å². The predicted octanol–water partition coefficient (Wildman–Crippen LogP) is 3.80. The molecule has 0 aromatic heterocycles. The average Bonchev–Trinajstić information content (AvgIpc) is 2.81. The van der Waals surface area contributed by atoms with E-state index in [1.807, 2.05) is 18.2 Å². The van der Waals surface area contributed by atoms with E-state index in [-0.39, 0.29) is 0 Å². The van der Waals surface area contributed by atoms with Gasteiger partial charge < -0.3 is 20.1 Å². The number of hydrogen-bond acceptors (Lipinski definition) is 4. The molecule has 0 spiro atoms. The summed E-state index contributed by atoms with van der Waals surface area (Å²) in [7, 11) is 5.09. The minimum absolute atomic E-state index is 0.646. The van der Waals surface area contributed by atoms with Gasteiger partial charge in [-0.05, 0) is 60.7 Å². The van der Waals surface area contributed by atoms with Gasteiger partial charge in [-0.3, -0.25) is 9.89 Å². The van der Waals surface area contributed by atoms with Crippen molar-refractivity contribution in [1.82, 2.24) is 15.5 Å². The number of piperidine rings is 1. The van der Waals surface area contributed by atoms with Crippen molar-refractivity contribution in [2.24, 2.45) is 10.9 Å². The van der Waals surface area contributed by atoms with Gasteiger partial charge in [0.25, 0.3) is 0 Å². The van der Waals surface area contributed by atoms with Gasteiger partial charge in [-0.15, -0.1) is 0 Å². The van der Waals surface area contributed by atoms with Crippen molar-refractivity contribution in [3.63, 3.8) is 0 Å². The molecule has 1 aliphatic heterocycles. The molecule has 31 heavy (non-hydrogen) atoms. The Labute approximate surface area is 186 Å². The van der Waals surface area contributed by atoms with E-state index < -0.39 is 0 Å². The van der Waals surface area contributed by atoms with Gasteiger partial charge in [0.05, 0.1) is 14.2 Å². The Morgan fingerprint density at radius 3 is 2.32 bits per heavy atom. The lowest BCUT2D eigenvalue weighted by atomic mass is 9.98. The summed E-state index contributed by atoms with van der Waals surface area (Å²) in [5, 5.41) is 6.84. The molecule has 6 heteroatoms. The predicted molar refractivity (Wildman–Crippen MR) is 127 cm³/mol. The highest BCUT2D eigenvalue weighted by Crippen LogP contribution is 2.27. The third-order valence-electron chi connectivity index (χ3n) is 5.97. The van der Waals surface area contributed by atoms with Crippen molar-refractivity contribution in [3.8, 4) is 11.5 Å². The zero-order chi connectivity index (χ0) is 22.1. The van der Waals surface area contributed by atoms with E-state index in [0.29, 0.717) is 6.54 Å². The molecule has 0 radical (unpaired) electrons. The van der Waals surface area contributed by atoms with Crippen LogP contribution >= 0.6 is 0 Å². The van der Waals surface area contributed by atoms with Crippen LogP contribution in [0.15, 0.2) is 47.5 Å². The van der Waals surface area contributed by atoms with Crippen molar-refractivity contribution < 1.29 is 9.47 Å². The van der Waals surface area contributed by atoms with E-state index in [2.05, 4.69) is 51.7 Å². The monoisotopic (exact) mass is 424 g/mol. The zero-order valence-electron chi connectivity index (χ0n) is 19.3. The van der Waals surface area contributed by atoms with Crippen LogP contribution in [-0.4, -0.2) is 45.2 Å². The first kappa shape index (κ1) is 22.9. The summed E-state index contributed by atoms with van der Waals surface area (Å²) in [6.45, 7) is 7.15. The number of nitrogens with zero attached hydrogens (tertiary/aromatic N) is 2. The van der Waals surface area contributed by atoms with Crippen LogP contribution in [-0.2, 0) is 19.6 Å². The highest BCUT2D eigenvalue weighted by atomic mass is 16.5. The molecule has 1 fully saturated rings. The van der Waals surface area contributed by atoms with E-state index in [0.717, 1.165) is 42.0 Å². The number of hydrogen-bond donors (Lipinski definition) is 2. The molecule has 1 saturated heterocycles. The number of aliphatic imine (C=N–C) groups is 1. The third kappa shape index (κ3) is 6.62. The SMILES string of the molecule is CN=C(NCc1ccc(OC)c(OC)c1)NCc1ccccc1CN1CCC(C)CC1. The van der Waals surface area contributed by atoms with E-state index in [1.165, 1.54) is 37.1 Å². The molecule has 2 aromatic carbocycles. The van der Waals surface area contributed by atoms with Gasteiger partial charge in [0, 0.05) is 26.7 Å². The lowest BCUT2D eigenvalue weighted by Crippen LogP contribution is -2.37. The fourth-order valence-corrected chi connectivity index (χ4v) is 3.92. The Balaban J connectivity index is 1.55. The van der Waals surface area contributed by atoms with Crippen molar-refractivity contribution in [3.05, 3.63) is 59.2 Å². The number of nitrogens with one attached hydrogen (secondary N) is 2. The molecule has 0 saturated carbocycles. The van der Waals surface area contributed by atoms with Crippen LogP contribution < -0.4 is 20.1 Å². The zero-order valence-corrected chi connectivity index (χ0v) is 19.3. The summed E-state index contributed by atoms with van der Waals surface area (Å²) in [6, 6.07) is 14.6. The van der Waals surface area contributed by atoms with Crippen LogP contribution in [0, 0.1) is 5.92 Å². The summed E-state index contributed by atoms with van der Waals surface area (Å²) >= 11 is 0. The lowest BCUT2D eigenvalue weighted by Gasteiger charge is -2.30. The average molecular weight is 425 g/mol. The quantitative estimate of drug-likeness (QED) is 0.499. The second-order valence-corrected chi connectivity index (χ2v) is 8.20. The summed E-state index contributed by atoms with van der Waals surface area (Å²) in [4.78, 5) is 6.95. The van der Waals surface area contributed by atoms with Crippen LogP contribution in [0.1, 0.15) is 36.5 Å². The number of ether oxygens (including phenoxy) is 2. The van der Waals surface area contributed by atoms with Gasteiger partial charge in [0.15, 0.2) is 17.5 Å². The Morgan fingerprint density at radius 1 is 0.968 bits per heavy atom. The second-order valence-electron chi connectivity index (χ2n) is 8.20. The summed E-state index contributed by atoms with van der Waals surface area (Å²) < 4.78 is 10.7. The number of guanidine groups is 1. The van der Waals surface area contributed by atoms with Gasteiger partial charge in [-0.2, -0.15) is 0 Å². The molecule has 2 aromatic rings. The van der Waals surface area contributed by atoms with Crippen molar-refractivity contribution in [2.75, 3.05) is 34.4 Å². The van der Waals surface area contributed by atoms with E-state index in [4.69, 9.17) is 9.47 Å². The largest absolute Gasteiger partial charge is 0.493 e. The Morgan fingerprint density at radius 2 is 1.65 bits per heavy atom. The number of likely N-dealkylation sites (tertiary alicyclic amines) is 1. The van der Waals surface area contributed by atoms with E-state index in [9.17, 15) is 0 Å². The maximum atomic E-state index is 5.39. The molecule has 6 nitrogen and oxygen atoms in total. The standard InChI is InChI=1S/C25H36N4O2/c1-19-11-13-29(14-12-19)18-22-8-6-5-7-21(22)17-28-25(26-2)27-16-20-9-10-23(30-3)24(15-20)31-4/h5-10,15,19H,11-14,16-18H2,1-4H3,(H2,26,27,28). The van der Waals surface area contributed by atoms with Gasteiger partial charge >= 0.3 is 0 Å². The van der Waals surface area contributed by atoms with Crippen LogP contribution in [0.2, 0.25) is 0 Å². The molecule has 0 atom stereocenters. The van der Waals surface area contributed by atoms with Crippen LogP contribution in [0.4, 0.5) is 0 Å². The fraction of sp³-hybridized carbons (Fsp3) is 0.480. The maximum absolute atomic E-state index is 5.39. The second kappa shape index (κ2) is 11.6. The highest BCUT2D eigenvalue weighted by Gasteiger charge is 2.16. The first-order valence-corrected chi connectivity index (χ1v) is 11.1. The summed E-state index contributed by atoms with van der Waals surface area (Å²) in [5.41, 5.74) is 3.80. The van der Waals surface area contributed by atoms with Gasteiger partial charge in [0.2, 0.25) is 0 Å². The molecule has 0 unspecified atom stereocenters. The Bertz CT molecular complexity index is 860. The normalized spacial score (nSPS) is 15.5. The Kier molecular flexibility index (Phi) is 8.59. The topological polar surface area (TPSA) is 58.1 Å². The molecular weight excluding hydrogens is 388 g/mol. The Hall–Kier alpha value is -2.73. The molecular formula is C25H36N4O2. The minimum atomic E-state index is 0.646. The molecule has 1 aliphatic rings. The first-order valence-electron chi connectivity index (χ1n) is 11.1. The van der Waals surface area contributed by atoms with Crippen LogP contribution in [0.25, 0.3) is 0 Å². The molecule has 2 N–H and O–H groups in total. The minimum Gasteiger partial charge on any atom is -0.493 e. The highest BCUT2D eigenvalue weighted by molar-refractivity contribution is 5.79. The number of methoxy groups -OCH3 is 2. The van der Waals surface area contributed by atoms with Gasteiger partial charge in [0.1, 0.15) is 0 Å². The fourth-order valence-electron chi connectivity index (χ4n) is 3.92. The smallest absolute Gasteiger partial charge is 0.191 e. The lowest BCUT2D eigenvalue weighted by molar-refractivity contribution is 0.185.